The van der Waals surface area contributed by atoms with Gasteiger partial charge in [0.1, 0.15) is 11.8 Å². The summed E-state index contributed by atoms with van der Waals surface area (Å²) in [6, 6.07) is 11.6. The lowest BCUT2D eigenvalue weighted by molar-refractivity contribution is -0.117. The fourth-order valence-electron chi connectivity index (χ4n) is 2.45. The van der Waals surface area contributed by atoms with Crippen LogP contribution in [0, 0.1) is 0 Å². The second kappa shape index (κ2) is 5.81. The van der Waals surface area contributed by atoms with E-state index in [1.807, 2.05) is 6.92 Å². The van der Waals surface area contributed by atoms with Gasteiger partial charge in [-0.3, -0.25) is 9.79 Å². The highest BCUT2D eigenvalue weighted by Gasteiger charge is 2.24. The SMILES string of the molecule is CCC1N=C(c2ccc(O)cc2)c2cc(Cl)ccc2NC1=O. The molecule has 3 rings (SSSR count). The van der Waals surface area contributed by atoms with Gasteiger partial charge in [-0.2, -0.15) is 0 Å². The molecule has 0 saturated carbocycles. The predicted octanol–water partition coefficient (Wildman–Crippen LogP) is 3.61. The highest BCUT2D eigenvalue weighted by atomic mass is 35.5. The van der Waals surface area contributed by atoms with Crippen molar-refractivity contribution in [3.05, 3.63) is 58.6 Å². The van der Waals surface area contributed by atoms with Crippen LogP contribution in [0.3, 0.4) is 0 Å². The molecule has 1 aliphatic heterocycles. The van der Waals surface area contributed by atoms with Crippen LogP contribution in [-0.2, 0) is 4.79 Å². The molecular weight excluding hydrogens is 300 g/mol. The molecule has 4 nitrogen and oxygen atoms in total. The molecule has 1 amide bonds. The largest absolute Gasteiger partial charge is 0.508 e. The average molecular weight is 315 g/mol. The third-order valence-electron chi connectivity index (χ3n) is 3.61. The van der Waals surface area contributed by atoms with Gasteiger partial charge in [-0.15, -0.1) is 0 Å². The number of aromatic hydroxyl groups is 1. The topological polar surface area (TPSA) is 61.7 Å². The van der Waals surface area contributed by atoms with E-state index >= 15 is 0 Å². The van der Waals surface area contributed by atoms with E-state index in [9.17, 15) is 9.90 Å². The van der Waals surface area contributed by atoms with Gasteiger partial charge in [-0.25, -0.2) is 0 Å². The molecule has 0 radical (unpaired) electrons. The number of carbonyl (C=O) groups excluding carboxylic acids is 1. The third kappa shape index (κ3) is 2.70. The highest BCUT2D eigenvalue weighted by molar-refractivity contribution is 6.32. The molecule has 2 aromatic carbocycles. The monoisotopic (exact) mass is 314 g/mol. The maximum absolute atomic E-state index is 12.2. The number of aliphatic imine (C=N–C) groups is 1. The Morgan fingerprint density at radius 2 is 1.95 bits per heavy atom. The Bertz CT molecular complexity index is 754. The number of phenolic OH excluding ortho intramolecular Hbond substituents is 1. The van der Waals surface area contributed by atoms with E-state index in [0.29, 0.717) is 22.8 Å². The number of hydrogen-bond acceptors (Lipinski definition) is 3. The van der Waals surface area contributed by atoms with Crippen LogP contribution in [-0.4, -0.2) is 22.8 Å². The Morgan fingerprint density at radius 3 is 2.64 bits per heavy atom. The van der Waals surface area contributed by atoms with Crippen molar-refractivity contribution >= 4 is 28.9 Å². The van der Waals surface area contributed by atoms with Gasteiger partial charge in [0.05, 0.1) is 11.4 Å². The van der Waals surface area contributed by atoms with E-state index in [4.69, 9.17) is 11.6 Å². The first-order valence-corrected chi connectivity index (χ1v) is 7.44. The van der Waals surface area contributed by atoms with Crippen LogP contribution in [0.4, 0.5) is 5.69 Å². The fourth-order valence-corrected chi connectivity index (χ4v) is 2.62. The summed E-state index contributed by atoms with van der Waals surface area (Å²) < 4.78 is 0. The second-order valence-electron chi connectivity index (χ2n) is 5.13. The van der Waals surface area contributed by atoms with Crippen molar-refractivity contribution in [3.8, 4) is 5.75 Å². The van der Waals surface area contributed by atoms with Crippen molar-refractivity contribution in [2.45, 2.75) is 19.4 Å². The zero-order valence-electron chi connectivity index (χ0n) is 12.0. The average Bonchev–Trinajstić information content (AvgIpc) is 2.64. The summed E-state index contributed by atoms with van der Waals surface area (Å²) in [5.74, 6) is 0.0605. The van der Waals surface area contributed by atoms with Gasteiger partial charge in [0.15, 0.2) is 0 Å². The van der Waals surface area contributed by atoms with E-state index < -0.39 is 6.04 Å². The molecule has 1 unspecified atom stereocenters. The number of benzodiazepines with no additional fused rings is 1. The number of rotatable bonds is 2. The summed E-state index contributed by atoms with van der Waals surface area (Å²) in [7, 11) is 0. The Balaban J connectivity index is 2.21. The number of nitrogens with zero attached hydrogens (tertiary/aromatic N) is 1. The zero-order chi connectivity index (χ0) is 15.7. The predicted molar refractivity (Wildman–Crippen MR) is 87.9 cm³/mol. The molecule has 0 aliphatic carbocycles. The third-order valence-corrected chi connectivity index (χ3v) is 3.84. The van der Waals surface area contributed by atoms with Gasteiger partial charge >= 0.3 is 0 Å². The molecule has 1 aliphatic rings. The molecule has 5 heteroatoms. The van der Waals surface area contributed by atoms with Crippen LogP contribution in [0.2, 0.25) is 5.02 Å². The normalized spacial score (nSPS) is 17.3. The number of phenols is 1. The summed E-state index contributed by atoms with van der Waals surface area (Å²) in [5.41, 5.74) is 3.00. The zero-order valence-corrected chi connectivity index (χ0v) is 12.8. The molecule has 0 aromatic heterocycles. The molecule has 2 N–H and O–H groups in total. The molecule has 1 heterocycles. The van der Waals surface area contributed by atoms with Gasteiger partial charge < -0.3 is 10.4 Å². The van der Waals surface area contributed by atoms with Gasteiger partial charge in [0.2, 0.25) is 5.91 Å². The highest BCUT2D eigenvalue weighted by Crippen LogP contribution is 2.28. The van der Waals surface area contributed by atoms with Crippen molar-refractivity contribution in [2.24, 2.45) is 4.99 Å². The fraction of sp³-hybridized carbons (Fsp3) is 0.176. The maximum atomic E-state index is 12.2. The molecule has 0 bridgehead atoms. The van der Waals surface area contributed by atoms with Crippen LogP contribution in [0.5, 0.6) is 5.75 Å². The molecule has 0 spiro atoms. The smallest absolute Gasteiger partial charge is 0.249 e. The van der Waals surface area contributed by atoms with Gasteiger partial charge in [0, 0.05) is 16.1 Å². The standard InChI is InChI=1S/C17H15ClN2O2/c1-2-14-17(22)20-15-8-5-11(18)9-13(15)16(19-14)10-3-6-12(21)7-4-10/h3-9,14,21H,2H2,1H3,(H,20,22). The Labute approximate surface area is 133 Å². The summed E-state index contributed by atoms with van der Waals surface area (Å²) in [5, 5.41) is 12.9. The molecule has 0 saturated heterocycles. The van der Waals surface area contributed by atoms with E-state index in [-0.39, 0.29) is 11.7 Å². The summed E-state index contributed by atoms with van der Waals surface area (Å²) in [6.07, 6.45) is 0.606. The maximum Gasteiger partial charge on any atom is 0.249 e. The van der Waals surface area contributed by atoms with Gasteiger partial charge in [-0.1, -0.05) is 18.5 Å². The van der Waals surface area contributed by atoms with Gasteiger partial charge in [0.25, 0.3) is 0 Å². The number of amides is 1. The van der Waals surface area contributed by atoms with E-state index in [1.165, 1.54) is 0 Å². The summed E-state index contributed by atoms with van der Waals surface area (Å²) in [6.45, 7) is 1.92. The lowest BCUT2D eigenvalue weighted by Crippen LogP contribution is -2.24. The van der Waals surface area contributed by atoms with Crippen LogP contribution in [0.25, 0.3) is 0 Å². The minimum atomic E-state index is -0.449. The van der Waals surface area contributed by atoms with Crippen LogP contribution < -0.4 is 5.32 Å². The van der Waals surface area contributed by atoms with Crippen molar-refractivity contribution in [1.29, 1.82) is 0 Å². The molecule has 1 atom stereocenters. The lowest BCUT2D eigenvalue weighted by atomic mass is 10.0. The minimum absolute atomic E-state index is 0.125. The van der Waals surface area contributed by atoms with Crippen LogP contribution in [0.1, 0.15) is 24.5 Å². The first-order valence-electron chi connectivity index (χ1n) is 7.06. The number of nitrogens with one attached hydrogen (secondary N) is 1. The lowest BCUT2D eigenvalue weighted by Gasteiger charge is -2.10. The van der Waals surface area contributed by atoms with Crippen LogP contribution >= 0.6 is 11.6 Å². The number of benzene rings is 2. The van der Waals surface area contributed by atoms with E-state index in [2.05, 4.69) is 10.3 Å². The molecule has 22 heavy (non-hydrogen) atoms. The number of fused-ring (bicyclic) bond motifs is 1. The van der Waals surface area contributed by atoms with Gasteiger partial charge in [-0.05, 0) is 48.9 Å². The van der Waals surface area contributed by atoms with Crippen molar-refractivity contribution in [3.63, 3.8) is 0 Å². The number of carbonyl (C=O) groups is 1. The number of halogens is 1. The molecule has 112 valence electrons. The van der Waals surface area contributed by atoms with Crippen molar-refractivity contribution < 1.29 is 9.90 Å². The molecular formula is C17H15ClN2O2. The van der Waals surface area contributed by atoms with Crippen LogP contribution in [0.15, 0.2) is 47.5 Å². The molecule has 2 aromatic rings. The van der Waals surface area contributed by atoms with Crippen molar-refractivity contribution in [2.75, 3.05) is 5.32 Å². The number of hydrogen-bond donors (Lipinski definition) is 2. The van der Waals surface area contributed by atoms with E-state index in [1.54, 1.807) is 42.5 Å². The molecule has 0 fully saturated rings. The second-order valence-corrected chi connectivity index (χ2v) is 5.56. The Hall–Kier alpha value is -2.33. The van der Waals surface area contributed by atoms with E-state index in [0.717, 1.165) is 11.1 Å². The first-order chi connectivity index (χ1) is 10.6. The Morgan fingerprint density at radius 1 is 1.23 bits per heavy atom. The first kappa shape index (κ1) is 14.6. The van der Waals surface area contributed by atoms with Crippen molar-refractivity contribution in [1.82, 2.24) is 0 Å². The Kier molecular flexibility index (Phi) is 3.86. The minimum Gasteiger partial charge on any atom is -0.508 e. The summed E-state index contributed by atoms with van der Waals surface area (Å²) >= 11 is 6.11. The summed E-state index contributed by atoms with van der Waals surface area (Å²) in [4.78, 5) is 16.9. The number of anilines is 1. The quantitative estimate of drug-likeness (QED) is 0.889.